The maximum absolute atomic E-state index is 12.0. The first kappa shape index (κ1) is 17.0. The van der Waals surface area contributed by atoms with Crippen molar-refractivity contribution in [2.75, 3.05) is 18.5 Å². The van der Waals surface area contributed by atoms with Gasteiger partial charge in [-0.05, 0) is 37.1 Å². The summed E-state index contributed by atoms with van der Waals surface area (Å²) in [5.74, 6) is -1.58. The first-order valence-electron chi connectivity index (χ1n) is 7.56. The van der Waals surface area contributed by atoms with Gasteiger partial charge in [-0.3, -0.25) is 14.4 Å². The van der Waals surface area contributed by atoms with E-state index < -0.39 is 5.97 Å². The van der Waals surface area contributed by atoms with Crippen LogP contribution in [0, 0.1) is 0 Å². The van der Waals surface area contributed by atoms with Crippen molar-refractivity contribution in [1.82, 2.24) is 5.32 Å². The number of anilines is 1. The van der Waals surface area contributed by atoms with Crippen LogP contribution in [0.1, 0.15) is 36.0 Å². The van der Waals surface area contributed by atoms with E-state index in [1.165, 1.54) is 0 Å². The monoisotopic (exact) mass is 320 g/mol. The zero-order valence-electron chi connectivity index (χ0n) is 12.7. The average molecular weight is 320 g/mol. The van der Waals surface area contributed by atoms with E-state index in [1.807, 2.05) is 0 Å². The number of rotatable bonds is 7. The van der Waals surface area contributed by atoms with Crippen LogP contribution in [0.25, 0.3) is 0 Å². The molecule has 2 rings (SSSR count). The molecular formula is C16H20N2O5. The van der Waals surface area contributed by atoms with Gasteiger partial charge in [0, 0.05) is 30.8 Å². The summed E-state index contributed by atoms with van der Waals surface area (Å²) in [4.78, 5) is 33.9. The molecule has 1 aliphatic rings. The minimum Gasteiger partial charge on any atom is -0.481 e. The molecule has 0 unspecified atom stereocenters. The van der Waals surface area contributed by atoms with E-state index in [0.717, 1.165) is 19.4 Å². The molecule has 7 heteroatoms. The summed E-state index contributed by atoms with van der Waals surface area (Å²) in [5, 5.41) is 13.9. The fourth-order valence-electron chi connectivity index (χ4n) is 2.26. The minimum absolute atomic E-state index is 0.0844. The molecular weight excluding hydrogens is 300 g/mol. The van der Waals surface area contributed by atoms with E-state index in [0.29, 0.717) is 17.8 Å². The molecule has 1 aliphatic heterocycles. The molecule has 0 saturated carbocycles. The minimum atomic E-state index is -1.02. The van der Waals surface area contributed by atoms with Crippen LogP contribution in [0.4, 0.5) is 5.69 Å². The molecule has 7 nitrogen and oxygen atoms in total. The highest BCUT2D eigenvalue weighted by Crippen LogP contribution is 2.12. The van der Waals surface area contributed by atoms with E-state index in [-0.39, 0.29) is 30.8 Å². The molecule has 1 saturated heterocycles. The Morgan fingerprint density at radius 3 is 2.52 bits per heavy atom. The molecule has 124 valence electrons. The van der Waals surface area contributed by atoms with Crippen molar-refractivity contribution < 1.29 is 24.2 Å². The standard InChI is InChI=1S/C16H20N2O5/c19-14(7-8-15(20)21)18-12-5-3-11(4-6-12)16(22)17-10-13-2-1-9-23-13/h3-6,13H,1-2,7-10H2,(H,17,22)(H,18,19)(H,20,21)/t13-/m0/s1. The highest BCUT2D eigenvalue weighted by atomic mass is 16.5. The van der Waals surface area contributed by atoms with Crippen molar-refractivity contribution in [3.8, 4) is 0 Å². The Hall–Kier alpha value is -2.41. The second-order valence-corrected chi connectivity index (χ2v) is 5.36. The normalized spacial score (nSPS) is 16.8. The Morgan fingerprint density at radius 1 is 1.17 bits per heavy atom. The summed E-state index contributed by atoms with van der Waals surface area (Å²) in [6, 6.07) is 6.44. The Balaban J connectivity index is 1.79. The van der Waals surface area contributed by atoms with Gasteiger partial charge >= 0.3 is 5.97 Å². The number of carbonyl (C=O) groups is 3. The number of amides is 2. The third-order valence-electron chi connectivity index (χ3n) is 3.51. The van der Waals surface area contributed by atoms with Crippen LogP contribution in [0.5, 0.6) is 0 Å². The lowest BCUT2D eigenvalue weighted by Gasteiger charge is -2.11. The van der Waals surface area contributed by atoms with Crippen molar-refractivity contribution in [3.63, 3.8) is 0 Å². The number of hydrogen-bond acceptors (Lipinski definition) is 4. The molecule has 0 aromatic heterocycles. The molecule has 1 fully saturated rings. The Bertz CT molecular complexity index is 564. The Morgan fingerprint density at radius 2 is 1.91 bits per heavy atom. The van der Waals surface area contributed by atoms with Crippen molar-refractivity contribution in [2.45, 2.75) is 31.8 Å². The smallest absolute Gasteiger partial charge is 0.303 e. The fourth-order valence-corrected chi connectivity index (χ4v) is 2.26. The summed E-state index contributed by atoms with van der Waals surface area (Å²) in [6.07, 6.45) is 1.78. The van der Waals surface area contributed by atoms with Crippen molar-refractivity contribution >= 4 is 23.5 Å². The van der Waals surface area contributed by atoms with Gasteiger partial charge in [-0.25, -0.2) is 0 Å². The summed E-state index contributed by atoms with van der Waals surface area (Å²) in [5.41, 5.74) is 1.02. The number of benzene rings is 1. The largest absolute Gasteiger partial charge is 0.481 e. The van der Waals surface area contributed by atoms with Crippen LogP contribution in [-0.2, 0) is 14.3 Å². The van der Waals surface area contributed by atoms with E-state index in [9.17, 15) is 14.4 Å². The van der Waals surface area contributed by atoms with Crippen LogP contribution in [0.15, 0.2) is 24.3 Å². The van der Waals surface area contributed by atoms with Crippen LogP contribution in [0.2, 0.25) is 0 Å². The van der Waals surface area contributed by atoms with E-state index in [1.54, 1.807) is 24.3 Å². The molecule has 1 atom stereocenters. The number of hydrogen-bond donors (Lipinski definition) is 3. The third kappa shape index (κ3) is 5.71. The number of aliphatic carboxylic acids is 1. The molecule has 3 N–H and O–H groups in total. The van der Waals surface area contributed by atoms with E-state index >= 15 is 0 Å². The van der Waals surface area contributed by atoms with Crippen molar-refractivity contribution in [2.24, 2.45) is 0 Å². The molecule has 0 bridgehead atoms. The predicted octanol–water partition coefficient (Wildman–Crippen LogP) is 1.40. The first-order valence-corrected chi connectivity index (χ1v) is 7.56. The lowest BCUT2D eigenvalue weighted by molar-refractivity contribution is -0.138. The van der Waals surface area contributed by atoms with Gasteiger partial charge in [0.1, 0.15) is 0 Å². The van der Waals surface area contributed by atoms with E-state index in [2.05, 4.69) is 10.6 Å². The maximum atomic E-state index is 12.0. The van der Waals surface area contributed by atoms with Gasteiger partial charge < -0.3 is 20.5 Å². The molecule has 1 heterocycles. The quantitative estimate of drug-likeness (QED) is 0.704. The first-order chi connectivity index (χ1) is 11.0. The lowest BCUT2D eigenvalue weighted by Crippen LogP contribution is -2.31. The van der Waals surface area contributed by atoms with Crippen molar-refractivity contribution in [3.05, 3.63) is 29.8 Å². The van der Waals surface area contributed by atoms with Gasteiger partial charge in [0.25, 0.3) is 5.91 Å². The number of carbonyl (C=O) groups excluding carboxylic acids is 2. The average Bonchev–Trinajstić information content (AvgIpc) is 3.05. The zero-order valence-corrected chi connectivity index (χ0v) is 12.7. The van der Waals surface area contributed by atoms with Crippen molar-refractivity contribution in [1.29, 1.82) is 0 Å². The highest BCUT2D eigenvalue weighted by molar-refractivity contribution is 5.96. The second-order valence-electron chi connectivity index (χ2n) is 5.36. The molecule has 1 aromatic carbocycles. The van der Waals surface area contributed by atoms with Gasteiger partial charge in [-0.15, -0.1) is 0 Å². The third-order valence-corrected chi connectivity index (χ3v) is 3.51. The maximum Gasteiger partial charge on any atom is 0.303 e. The molecule has 0 radical (unpaired) electrons. The molecule has 23 heavy (non-hydrogen) atoms. The van der Waals surface area contributed by atoms with Gasteiger partial charge in [-0.1, -0.05) is 0 Å². The van der Waals surface area contributed by atoms with Crippen LogP contribution >= 0.6 is 0 Å². The number of carboxylic acid groups (broad SMARTS) is 1. The predicted molar refractivity (Wildman–Crippen MR) is 83.2 cm³/mol. The second kappa shape index (κ2) is 8.28. The van der Waals surface area contributed by atoms with Gasteiger partial charge in [0.2, 0.25) is 5.91 Å². The fraction of sp³-hybridized carbons (Fsp3) is 0.438. The molecule has 1 aromatic rings. The van der Waals surface area contributed by atoms with Crippen LogP contribution in [-0.4, -0.2) is 42.1 Å². The van der Waals surface area contributed by atoms with Gasteiger partial charge in [0.05, 0.1) is 12.5 Å². The molecule has 2 amide bonds. The highest BCUT2D eigenvalue weighted by Gasteiger charge is 2.16. The van der Waals surface area contributed by atoms with Gasteiger partial charge in [0.15, 0.2) is 0 Å². The summed E-state index contributed by atoms with van der Waals surface area (Å²) >= 11 is 0. The van der Waals surface area contributed by atoms with E-state index in [4.69, 9.17) is 9.84 Å². The van der Waals surface area contributed by atoms with Crippen LogP contribution < -0.4 is 10.6 Å². The summed E-state index contributed by atoms with van der Waals surface area (Å²) < 4.78 is 5.44. The molecule has 0 aliphatic carbocycles. The Kier molecular flexibility index (Phi) is 6.10. The SMILES string of the molecule is O=C(O)CCC(=O)Nc1ccc(C(=O)NC[C@@H]2CCCO2)cc1. The lowest BCUT2D eigenvalue weighted by atomic mass is 10.1. The summed E-state index contributed by atoms with van der Waals surface area (Å²) in [7, 11) is 0. The number of carboxylic acids is 1. The zero-order chi connectivity index (χ0) is 16.7. The number of nitrogens with one attached hydrogen (secondary N) is 2. The Labute approximate surface area is 134 Å². The molecule has 0 spiro atoms. The van der Waals surface area contributed by atoms with Gasteiger partial charge in [-0.2, -0.15) is 0 Å². The number of ether oxygens (including phenoxy) is 1. The van der Waals surface area contributed by atoms with Crippen LogP contribution in [0.3, 0.4) is 0 Å². The topological polar surface area (TPSA) is 105 Å². The summed E-state index contributed by atoms with van der Waals surface area (Å²) in [6.45, 7) is 1.24.